The molecule has 0 aliphatic carbocycles. The normalized spacial score (nSPS) is 10.9. The molecule has 148 valence electrons. The number of aryl methyl sites for hydroxylation is 1. The van der Waals surface area contributed by atoms with Gasteiger partial charge in [-0.2, -0.15) is 0 Å². The van der Waals surface area contributed by atoms with E-state index in [1.807, 2.05) is 31.2 Å². The van der Waals surface area contributed by atoms with E-state index in [9.17, 15) is 14.4 Å². The van der Waals surface area contributed by atoms with Gasteiger partial charge in [0.15, 0.2) is 0 Å². The van der Waals surface area contributed by atoms with Crippen LogP contribution in [-0.2, 0) is 28.9 Å². The summed E-state index contributed by atoms with van der Waals surface area (Å²) in [6.45, 7) is 5.48. The zero-order valence-electron chi connectivity index (χ0n) is 16.1. The van der Waals surface area contributed by atoms with Crippen molar-refractivity contribution >= 4 is 55.2 Å². The molecule has 0 saturated heterocycles. The molecule has 0 spiro atoms. The third-order valence-corrected chi connectivity index (χ3v) is 15.0. The van der Waals surface area contributed by atoms with E-state index in [0.29, 0.717) is 14.6 Å². The topological polar surface area (TPSA) is 78.9 Å². The minimum absolute atomic E-state index is 0.480. The number of carbonyl (C=O) groups is 3. The van der Waals surface area contributed by atoms with Crippen LogP contribution < -0.4 is 3.12 Å². The molecule has 2 rings (SSSR count). The van der Waals surface area contributed by atoms with E-state index in [1.54, 1.807) is 18.2 Å². The molecule has 0 aromatic heterocycles. The van der Waals surface area contributed by atoms with E-state index in [4.69, 9.17) is 19.7 Å². The van der Waals surface area contributed by atoms with E-state index >= 15 is 0 Å². The molecule has 0 atom stereocenters. The predicted molar refractivity (Wildman–Crippen MR) is 107 cm³/mol. The first-order chi connectivity index (χ1) is 13.2. The first-order valence-electron chi connectivity index (χ1n) is 8.65. The van der Waals surface area contributed by atoms with Gasteiger partial charge in [0, 0.05) is 0 Å². The number of halogens is 1. The van der Waals surface area contributed by atoms with Crippen LogP contribution in [0.25, 0.3) is 11.1 Å². The summed E-state index contributed by atoms with van der Waals surface area (Å²) >= 11 is 0.716. The van der Waals surface area contributed by atoms with Crippen molar-refractivity contribution in [3.63, 3.8) is 0 Å². The Morgan fingerprint density at radius 3 is 1.71 bits per heavy atom. The second kappa shape index (κ2) is 9.51. The molecule has 0 unspecified atom stereocenters. The maximum absolute atomic E-state index is 11.8. The third kappa shape index (κ3) is 5.54. The first-order valence-corrected chi connectivity index (χ1v) is 15.7. The van der Waals surface area contributed by atoms with E-state index in [0.717, 1.165) is 16.7 Å². The standard InChI is InChI=1S/C14H12Cl.3C2H4O2.Pb/c1-2-11-4-3-5-13(10-11)12-6-8-14(15)9-7-12;3*1-2(3)4;/h3,5-10H,2H2,1H3;3*1H3,(H,3,4);/q;;;;+3/p-3. The van der Waals surface area contributed by atoms with Crippen LogP contribution in [0.15, 0.2) is 42.5 Å². The molecule has 0 aliphatic rings. The van der Waals surface area contributed by atoms with Crippen LogP contribution in [0.5, 0.6) is 0 Å². The monoisotopic (exact) mass is 600 g/mol. The summed E-state index contributed by atoms with van der Waals surface area (Å²) in [5.74, 6) is -2.02. The molecule has 2 aromatic carbocycles. The zero-order chi connectivity index (χ0) is 20.9. The van der Waals surface area contributed by atoms with Crippen LogP contribution >= 0.6 is 11.6 Å². The average molecular weight is 600 g/mol. The van der Waals surface area contributed by atoms with Crippen molar-refractivity contribution in [2.75, 3.05) is 0 Å². The Bertz CT molecular complexity index is 853. The summed E-state index contributed by atoms with van der Waals surface area (Å²) in [5, 5.41) is 0.631. The Morgan fingerprint density at radius 2 is 1.29 bits per heavy atom. The number of hydrogen-bond acceptors (Lipinski definition) is 6. The van der Waals surface area contributed by atoms with Gasteiger partial charge in [0.05, 0.1) is 0 Å². The Hall–Kier alpha value is -1.94. The Morgan fingerprint density at radius 1 is 0.821 bits per heavy atom. The molecule has 0 aliphatic heterocycles. The van der Waals surface area contributed by atoms with Gasteiger partial charge < -0.3 is 0 Å². The van der Waals surface area contributed by atoms with Crippen LogP contribution in [0.4, 0.5) is 0 Å². The fourth-order valence-corrected chi connectivity index (χ4v) is 12.7. The minimum atomic E-state index is -5.24. The van der Waals surface area contributed by atoms with Crippen LogP contribution in [0.2, 0.25) is 5.02 Å². The van der Waals surface area contributed by atoms with Crippen molar-refractivity contribution in [1.29, 1.82) is 0 Å². The molecule has 0 radical (unpaired) electrons. The van der Waals surface area contributed by atoms with E-state index in [1.165, 1.54) is 20.8 Å². The summed E-state index contributed by atoms with van der Waals surface area (Å²) in [5.41, 5.74) is 2.63. The van der Waals surface area contributed by atoms with Gasteiger partial charge >= 0.3 is 176 Å². The average Bonchev–Trinajstić information content (AvgIpc) is 2.60. The summed E-state index contributed by atoms with van der Waals surface area (Å²) < 4.78 is 16.8. The van der Waals surface area contributed by atoms with Crippen molar-refractivity contribution in [3.05, 3.63) is 53.1 Å². The summed E-state index contributed by atoms with van der Waals surface area (Å²) in [4.78, 5) is 35.3. The quantitative estimate of drug-likeness (QED) is 0.474. The Kier molecular flexibility index (Phi) is 7.59. The van der Waals surface area contributed by atoms with Crippen LogP contribution in [0.1, 0.15) is 33.3 Å². The fraction of sp³-hybridized carbons (Fsp3) is 0.250. The maximum atomic E-state index is 11.8. The van der Waals surface area contributed by atoms with E-state index in [-0.39, 0.29) is 0 Å². The van der Waals surface area contributed by atoms with E-state index in [2.05, 4.69) is 0 Å². The number of hydrogen-bond donors (Lipinski definition) is 0. The SMILES string of the molecule is CCc1cc(-c2ccc(Cl)cc2)cc[c]1[Pb]([O]C(C)=O)([O]C(C)=O)[O]C(C)=O. The van der Waals surface area contributed by atoms with Gasteiger partial charge in [0.2, 0.25) is 0 Å². The molecule has 0 N–H and O–H groups in total. The molecule has 0 amide bonds. The Balaban J connectivity index is 2.63. The second-order valence-electron chi connectivity index (χ2n) is 6.07. The molecule has 2 aromatic rings. The van der Waals surface area contributed by atoms with Crippen LogP contribution in [0.3, 0.4) is 0 Å². The fourth-order valence-electron chi connectivity index (χ4n) is 2.80. The van der Waals surface area contributed by atoms with Crippen molar-refractivity contribution in [2.24, 2.45) is 0 Å². The molecule has 0 saturated carbocycles. The van der Waals surface area contributed by atoms with Crippen LogP contribution in [0, 0.1) is 0 Å². The molecular formula is C20H21ClO6Pb. The van der Waals surface area contributed by atoms with Gasteiger partial charge in [-0.25, -0.2) is 0 Å². The molecule has 0 bridgehead atoms. The number of rotatable bonds is 6. The zero-order valence-corrected chi connectivity index (χ0v) is 20.7. The molecule has 28 heavy (non-hydrogen) atoms. The first kappa shape index (κ1) is 22.4. The van der Waals surface area contributed by atoms with Gasteiger partial charge in [-0.1, -0.05) is 0 Å². The molecule has 6 nitrogen and oxygen atoms in total. The number of carbonyl (C=O) groups excluding carboxylic acids is 3. The summed E-state index contributed by atoms with van der Waals surface area (Å²) in [7, 11) is 0. The van der Waals surface area contributed by atoms with Gasteiger partial charge in [-0.3, -0.25) is 0 Å². The van der Waals surface area contributed by atoms with Crippen molar-refractivity contribution in [1.82, 2.24) is 0 Å². The number of benzene rings is 2. The van der Waals surface area contributed by atoms with E-state index < -0.39 is 40.4 Å². The van der Waals surface area contributed by atoms with Crippen molar-refractivity contribution < 1.29 is 22.4 Å². The Labute approximate surface area is 175 Å². The summed E-state index contributed by atoms with van der Waals surface area (Å²) in [6.07, 6.45) is 0.558. The van der Waals surface area contributed by atoms with Gasteiger partial charge in [-0.05, 0) is 0 Å². The van der Waals surface area contributed by atoms with Gasteiger partial charge in [-0.15, -0.1) is 0 Å². The third-order valence-electron chi connectivity index (χ3n) is 3.83. The summed E-state index contributed by atoms with van der Waals surface area (Å²) in [6, 6.07) is 12.8. The molecular weight excluding hydrogens is 579 g/mol. The van der Waals surface area contributed by atoms with Crippen molar-refractivity contribution in [2.45, 2.75) is 34.1 Å². The molecule has 8 heteroatoms. The van der Waals surface area contributed by atoms with Gasteiger partial charge in [0.1, 0.15) is 0 Å². The predicted octanol–water partition coefficient (Wildman–Crippen LogP) is 3.40. The van der Waals surface area contributed by atoms with Crippen LogP contribution in [-0.4, -0.2) is 40.4 Å². The van der Waals surface area contributed by atoms with Crippen molar-refractivity contribution in [3.8, 4) is 11.1 Å². The second-order valence-corrected chi connectivity index (χ2v) is 15.3. The van der Waals surface area contributed by atoms with Gasteiger partial charge in [0.25, 0.3) is 0 Å². The molecule has 0 heterocycles. The molecule has 0 fully saturated rings.